The van der Waals surface area contributed by atoms with Crippen LogP contribution in [0.2, 0.25) is 5.02 Å². The smallest absolute Gasteiger partial charge is 0.0819 e. The number of anilines is 2. The molecule has 1 aromatic rings. The molecule has 1 aliphatic carbocycles. The Balaban J connectivity index is 1.99. The summed E-state index contributed by atoms with van der Waals surface area (Å²) in [6, 6.07) is 5.35. The van der Waals surface area contributed by atoms with Crippen molar-refractivity contribution in [2.75, 3.05) is 17.6 Å². The van der Waals surface area contributed by atoms with Crippen LogP contribution < -0.4 is 11.1 Å². The molecule has 0 bridgehead atoms. The summed E-state index contributed by atoms with van der Waals surface area (Å²) in [6.07, 6.45) is 3.94. The average Bonchev–Trinajstić information content (AvgIpc) is 2.64. The Morgan fingerprint density at radius 3 is 2.69 bits per heavy atom. The second-order valence-electron chi connectivity index (χ2n) is 4.52. The number of hydrogen-bond donors (Lipinski definition) is 3. The number of aliphatic hydroxyl groups is 1. The Morgan fingerprint density at radius 1 is 1.38 bits per heavy atom. The lowest BCUT2D eigenvalue weighted by molar-refractivity contribution is 0.0615. The Morgan fingerprint density at radius 2 is 2.06 bits per heavy atom. The van der Waals surface area contributed by atoms with E-state index in [1.807, 2.05) is 6.07 Å². The van der Waals surface area contributed by atoms with E-state index in [4.69, 9.17) is 17.3 Å². The van der Waals surface area contributed by atoms with E-state index < -0.39 is 5.60 Å². The van der Waals surface area contributed by atoms with Crippen LogP contribution in [0.4, 0.5) is 11.4 Å². The molecule has 0 heterocycles. The zero-order valence-corrected chi connectivity index (χ0v) is 9.93. The van der Waals surface area contributed by atoms with Crippen LogP contribution in [-0.2, 0) is 0 Å². The molecule has 3 nitrogen and oxygen atoms in total. The Hall–Kier alpha value is -0.930. The van der Waals surface area contributed by atoms with Gasteiger partial charge in [0.05, 0.1) is 16.3 Å². The van der Waals surface area contributed by atoms with E-state index in [2.05, 4.69) is 5.32 Å². The van der Waals surface area contributed by atoms with Crippen molar-refractivity contribution in [1.82, 2.24) is 0 Å². The minimum atomic E-state index is -0.565. The lowest BCUT2D eigenvalue weighted by Crippen LogP contribution is -2.33. The molecule has 1 fully saturated rings. The fourth-order valence-electron chi connectivity index (χ4n) is 2.14. The van der Waals surface area contributed by atoms with Gasteiger partial charge in [0.15, 0.2) is 0 Å². The molecule has 1 aromatic carbocycles. The molecule has 2 rings (SSSR count). The van der Waals surface area contributed by atoms with Crippen molar-refractivity contribution in [3.8, 4) is 0 Å². The first kappa shape index (κ1) is 11.6. The van der Waals surface area contributed by atoms with E-state index in [0.29, 0.717) is 17.3 Å². The molecule has 0 aromatic heterocycles. The summed E-state index contributed by atoms with van der Waals surface area (Å²) >= 11 is 6.04. The van der Waals surface area contributed by atoms with E-state index in [9.17, 15) is 5.11 Å². The zero-order valence-electron chi connectivity index (χ0n) is 9.17. The molecule has 0 saturated heterocycles. The monoisotopic (exact) mass is 240 g/mol. The maximum Gasteiger partial charge on any atom is 0.0819 e. The van der Waals surface area contributed by atoms with Gasteiger partial charge in [0, 0.05) is 12.2 Å². The van der Waals surface area contributed by atoms with Gasteiger partial charge in [0.1, 0.15) is 0 Å². The van der Waals surface area contributed by atoms with Crippen LogP contribution in [0, 0.1) is 0 Å². The third kappa shape index (κ3) is 2.60. The topological polar surface area (TPSA) is 58.3 Å². The molecule has 4 N–H and O–H groups in total. The van der Waals surface area contributed by atoms with Gasteiger partial charge in [-0.3, -0.25) is 0 Å². The minimum Gasteiger partial charge on any atom is -0.399 e. The summed E-state index contributed by atoms with van der Waals surface area (Å²) in [5.41, 5.74) is 6.52. The SMILES string of the molecule is Nc1ccc(NCC2(O)CCCC2)c(Cl)c1. The van der Waals surface area contributed by atoms with E-state index in [0.717, 1.165) is 31.4 Å². The van der Waals surface area contributed by atoms with Crippen LogP contribution in [0.1, 0.15) is 25.7 Å². The Bertz CT molecular complexity index is 375. The van der Waals surface area contributed by atoms with Crippen molar-refractivity contribution < 1.29 is 5.11 Å². The molecule has 88 valence electrons. The molecule has 4 heteroatoms. The fraction of sp³-hybridized carbons (Fsp3) is 0.500. The maximum absolute atomic E-state index is 10.2. The van der Waals surface area contributed by atoms with Gasteiger partial charge in [-0.15, -0.1) is 0 Å². The second kappa shape index (κ2) is 4.52. The number of halogens is 1. The third-order valence-electron chi connectivity index (χ3n) is 3.14. The molecule has 0 aliphatic heterocycles. The molecule has 0 atom stereocenters. The highest BCUT2D eigenvalue weighted by atomic mass is 35.5. The van der Waals surface area contributed by atoms with E-state index >= 15 is 0 Å². The fourth-order valence-corrected chi connectivity index (χ4v) is 2.40. The summed E-state index contributed by atoms with van der Waals surface area (Å²) in [5.74, 6) is 0. The maximum atomic E-state index is 10.2. The highest BCUT2D eigenvalue weighted by molar-refractivity contribution is 6.33. The van der Waals surface area contributed by atoms with Crippen molar-refractivity contribution in [3.63, 3.8) is 0 Å². The second-order valence-corrected chi connectivity index (χ2v) is 4.93. The van der Waals surface area contributed by atoms with Crippen molar-refractivity contribution in [2.45, 2.75) is 31.3 Å². The molecule has 0 radical (unpaired) electrons. The number of rotatable bonds is 3. The van der Waals surface area contributed by atoms with Gasteiger partial charge in [-0.05, 0) is 31.0 Å². The Kier molecular flexibility index (Phi) is 3.26. The number of benzene rings is 1. The first-order chi connectivity index (χ1) is 7.59. The molecule has 1 saturated carbocycles. The summed E-state index contributed by atoms with van der Waals surface area (Å²) in [4.78, 5) is 0. The van der Waals surface area contributed by atoms with E-state index in [1.165, 1.54) is 0 Å². The largest absolute Gasteiger partial charge is 0.399 e. The van der Waals surface area contributed by atoms with Crippen LogP contribution in [-0.4, -0.2) is 17.3 Å². The number of nitrogens with one attached hydrogen (secondary N) is 1. The highest BCUT2D eigenvalue weighted by Gasteiger charge is 2.30. The van der Waals surface area contributed by atoms with E-state index in [-0.39, 0.29) is 0 Å². The Labute approximate surface area is 101 Å². The molecular formula is C12H17ClN2O. The van der Waals surface area contributed by atoms with Gasteiger partial charge in [0.25, 0.3) is 0 Å². The van der Waals surface area contributed by atoms with Gasteiger partial charge in [-0.1, -0.05) is 24.4 Å². The number of nitrogen functional groups attached to an aromatic ring is 1. The molecule has 16 heavy (non-hydrogen) atoms. The first-order valence-corrected chi connectivity index (χ1v) is 5.98. The van der Waals surface area contributed by atoms with Crippen LogP contribution in [0.3, 0.4) is 0 Å². The van der Waals surface area contributed by atoms with Gasteiger partial charge >= 0.3 is 0 Å². The van der Waals surface area contributed by atoms with Gasteiger partial charge in [-0.2, -0.15) is 0 Å². The number of nitrogens with two attached hydrogens (primary N) is 1. The minimum absolute atomic E-state index is 0.552. The first-order valence-electron chi connectivity index (χ1n) is 5.60. The quantitative estimate of drug-likeness (QED) is 0.712. The van der Waals surface area contributed by atoms with Crippen molar-refractivity contribution in [2.24, 2.45) is 0 Å². The van der Waals surface area contributed by atoms with Gasteiger partial charge < -0.3 is 16.2 Å². The van der Waals surface area contributed by atoms with Crippen LogP contribution in [0.5, 0.6) is 0 Å². The summed E-state index contributed by atoms with van der Waals surface area (Å²) in [7, 11) is 0. The molecule has 1 aliphatic rings. The van der Waals surface area contributed by atoms with Crippen molar-refractivity contribution in [3.05, 3.63) is 23.2 Å². The summed E-state index contributed by atoms with van der Waals surface area (Å²) < 4.78 is 0. The molecule has 0 unspecified atom stereocenters. The lowest BCUT2D eigenvalue weighted by atomic mass is 10.0. The van der Waals surface area contributed by atoms with Crippen LogP contribution >= 0.6 is 11.6 Å². The predicted octanol–water partition coefficient (Wildman–Crippen LogP) is 2.64. The molecular weight excluding hydrogens is 224 g/mol. The summed E-state index contributed by atoms with van der Waals surface area (Å²) in [5, 5.41) is 14.0. The van der Waals surface area contributed by atoms with Gasteiger partial charge in [-0.25, -0.2) is 0 Å². The third-order valence-corrected chi connectivity index (χ3v) is 3.45. The van der Waals surface area contributed by atoms with Crippen molar-refractivity contribution in [1.29, 1.82) is 0 Å². The molecule has 0 amide bonds. The average molecular weight is 241 g/mol. The molecule has 0 spiro atoms. The highest BCUT2D eigenvalue weighted by Crippen LogP contribution is 2.31. The van der Waals surface area contributed by atoms with Gasteiger partial charge in [0.2, 0.25) is 0 Å². The number of hydrogen-bond acceptors (Lipinski definition) is 3. The normalized spacial score (nSPS) is 18.6. The van der Waals surface area contributed by atoms with Crippen LogP contribution in [0.25, 0.3) is 0 Å². The van der Waals surface area contributed by atoms with Crippen LogP contribution in [0.15, 0.2) is 18.2 Å². The predicted molar refractivity (Wildman–Crippen MR) is 67.8 cm³/mol. The van der Waals surface area contributed by atoms with E-state index in [1.54, 1.807) is 12.1 Å². The standard InChI is InChI=1S/C12H17ClN2O/c13-10-7-9(14)3-4-11(10)15-8-12(16)5-1-2-6-12/h3-4,7,15-16H,1-2,5-6,8,14H2. The lowest BCUT2D eigenvalue weighted by Gasteiger charge is -2.23. The van der Waals surface area contributed by atoms with Crippen molar-refractivity contribution >= 4 is 23.0 Å². The summed E-state index contributed by atoms with van der Waals surface area (Å²) in [6.45, 7) is 0.552. The zero-order chi connectivity index (χ0) is 11.6.